The molecule has 0 atom stereocenters. The molecule has 0 unspecified atom stereocenters. The molecule has 0 saturated heterocycles. The number of hydrogen-bond donors (Lipinski definition) is 0. The summed E-state index contributed by atoms with van der Waals surface area (Å²) in [7, 11) is 0. The highest BCUT2D eigenvalue weighted by Gasteiger charge is 2.21. The lowest BCUT2D eigenvalue weighted by Gasteiger charge is -2.15. The van der Waals surface area contributed by atoms with Gasteiger partial charge in [0.2, 0.25) is 5.78 Å². The number of para-hydroxylation sites is 4. The number of aryl methyl sites for hydroxylation is 6. The van der Waals surface area contributed by atoms with Crippen molar-refractivity contribution in [2.24, 2.45) is 0 Å². The average molecular weight is 765 g/mol. The van der Waals surface area contributed by atoms with E-state index in [1.165, 1.54) is 11.1 Å². The third kappa shape index (κ3) is 5.57. The largest absolute Gasteiger partial charge is 0.456 e. The Morgan fingerprint density at radius 3 is 1.59 bits per heavy atom. The van der Waals surface area contributed by atoms with E-state index in [4.69, 9.17) is 24.4 Å². The summed E-state index contributed by atoms with van der Waals surface area (Å²) in [5.41, 5.74) is 19.1. The van der Waals surface area contributed by atoms with Crippen LogP contribution in [0.15, 0.2) is 138 Å². The Hall–Kier alpha value is -7.38. The molecule has 59 heavy (non-hydrogen) atoms. The van der Waals surface area contributed by atoms with Crippen LogP contribution in [0.2, 0.25) is 0 Å². The number of imidazole rings is 2. The van der Waals surface area contributed by atoms with Gasteiger partial charge in [0, 0.05) is 33.2 Å². The molecule has 0 N–H and O–H groups in total. The summed E-state index contributed by atoms with van der Waals surface area (Å²) in [6.45, 7) is 12.8. The maximum Gasteiger partial charge on any atom is 0.220 e. The van der Waals surface area contributed by atoms with Crippen molar-refractivity contribution in [2.45, 2.75) is 41.5 Å². The molecule has 0 aliphatic rings. The second-order valence-electron chi connectivity index (χ2n) is 16.0. The van der Waals surface area contributed by atoms with Gasteiger partial charge in [-0.2, -0.15) is 0 Å². The van der Waals surface area contributed by atoms with Gasteiger partial charge in [-0.1, -0.05) is 77.9 Å². The first-order valence-electron chi connectivity index (χ1n) is 20.1. The molecule has 4 heterocycles. The molecule has 7 heteroatoms. The van der Waals surface area contributed by atoms with Crippen LogP contribution in [-0.4, -0.2) is 28.9 Å². The van der Waals surface area contributed by atoms with Gasteiger partial charge in [-0.25, -0.2) is 19.9 Å². The minimum atomic E-state index is 0.626. The van der Waals surface area contributed by atoms with Gasteiger partial charge in [0.15, 0.2) is 17.5 Å². The molecule has 0 spiro atoms. The highest BCUT2D eigenvalue weighted by Crippen LogP contribution is 2.38. The summed E-state index contributed by atoms with van der Waals surface area (Å²) in [5, 5.41) is 2.04. The Kier molecular flexibility index (Phi) is 7.72. The van der Waals surface area contributed by atoms with E-state index in [-0.39, 0.29) is 0 Å². The number of furan rings is 1. The fraction of sp³-hybridized carbons (Fsp3) is 0.115. The molecule has 7 nitrogen and oxygen atoms in total. The van der Waals surface area contributed by atoms with Crippen LogP contribution in [0.5, 0.6) is 0 Å². The molecule has 0 aliphatic carbocycles. The van der Waals surface area contributed by atoms with Gasteiger partial charge in [-0.15, -0.1) is 0 Å². The zero-order chi connectivity index (χ0) is 40.1. The lowest BCUT2D eigenvalue weighted by molar-refractivity contribution is 0.669. The first kappa shape index (κ1) is 34.8. The van der Waals surface area contributed by atoms with E-state index < -0.39 is 0 Å². The van der Waals surface area contributed by atoms with Crippen LogP contribution in [0.4, 0.5) is 0 Å². The first-order valence-corrected chi connectivity index (χ1v) is 20.1. The number of nitrogens with zero attached hydrogens (tertiary/aromatic N) is 6. The molecule has 0 saturated carbocycles. The summed E-state index contributed by atoms with van der Waals surface area (Å²) < 4.78 is 11.0. The van der Waals surface area contributed by atoms with Crippen molar-refractivity contribution >= 4 is 49.8 Å². The smallest absolute Gasteiger partial charge is 0.220 e. The summed E-state index contributed by atoms with van der Waals surface area (Å²) in [6, 6.07) is 47.0. The van der Waals surface area contributed by atoms with Crippen molar-refractivity contribution < 1.29 is 4.42 Å². The normalized spacial score (nSPS) is 11.9. The predicted octanol–water partition coefficient (Wildman–Crippen LogP) is 13.0. The minimum Gasteiger partial charge on any atom is -0.456 e. The van der Waals surface area contributed by atoms with E-state index in [9.17, 15) is 0 Å². The fourth-order valence-electron chi connectivity index (χ4n) is 9.32. The van der Waals surface area contributed by atoms with E-state index in [2.05, 4.69) is 172 Å². The second kappa shape index (κ2) is 13.1. The van der Waals surface area contributed by atoms with Crippen LogP contribution in [-0.2, 0) is 0 Å². The minimum absolute atomic E-state index is 0.626. The van der Waals surface area contributed by atoms with Crippen molar-refractivity contribution in [2.75, 3.05) is 0 Å². The molecule has 0 fully saturated rings. The molecule has 11 aromatic rings. The van der Waals surface area contributed by atoms with Gasteiger partial charge in [-0.3, -0.25) is 8.97 Å². The van der Waals surface area contributed by atoms with Crippen LogP contribution in [0.1, 0.15) is 33.4 Å². The van der Waals surface area contributed by atoms with Crippen molar-refractivity contribution in [3.63, 3.8) is 0 Å². The summed E-state index contributed by atoms with van der Waals surface area (Å²) in [5.74, 6) is 2.86. The van der Waals surface area contributed by atoms with Gasteiger partial charge in [-0.05, 0) is 142 Å². The predicted molar refractivity (Wildman–Crippen MR) is 240 cm³/mol. The quantitative estimate of drug-likeness (QED) is 0.174. The standard InChI is InChI=1S/C52H40N6O/c1-29-22-31(3)47(32(4)23-29)50-54-49(55-51(56-50)48-33(5)24-30(2)25-34(48)6)37-19-21-46-40(28-37)39-27-36(18-20-45(39)59-46)35-12-11-13-38(26-35)57-43-16-9-10-17-44(43)58-42-15-8-7-14-41(42)53-52(57)58/h7-28H,1-6H3. The Morgan fingerprint density at radius 2 is 0.949 bits per heavy atom. The maximum atomic E-state index is 6.45. The highest BCUT2D eigenvalue weighted by molar-refractivity contribution is 6.07. The molecule has 0 amide bonds. The number of aromatic nitrogens is 6. The zero-order valence-electron chi connectivity index (χ0n) is 33.8. The van der Waals surface area contributed by atoms with E-state index in [1.54, 1.807) is 0 Å². The van der Waals surface area contributed by atoms with Gasteiger partial charge in [0.1, 0.15) is 11.2 Å². The Morgan fingerprint density at radius 1 is 0.424 bits per heavy atom. The average Bonchev–Trinajstić information content (AvgIpc) is 3.88. The van der Waals surface area contributed by atoms with Gasteiger partial charge >= 0.3 is 0 Å². The number of hydrogen-bond acceptors (Lipinski definition) is 5. The van der Waals surface area contributed by atoms with E-state index in [1.807, 2.05) is 12.1 Å². The second-order valence-corrected chi connectivity index (χ2v) is 16.0. The van der Waals surface area contributed by atoms with Crippen molar-refractivity contribution in [1.29, 1.82) is 0 Å². The molecule has 284 valence electrons. The Labute approximate surface area is 341 Å². The van der Waals surface area contributed by atoms with Crippen LogP contribution >= 0.6 is 0 Å². The van der Waals surface area contributed by atoms with Crippen molar-refractivity contribution in [1.82, 2.24) is 28.9 Å². The first-order chi connectivity index (χ1) is 28.7. The summed E-state index contributed by atoms with van der Waals surface area (Å²) >= 11 is 0. The summed E-state index contributed by atoms with van der Waals surface area (Å²) in [6.07, 6.45) is 0. The van der Waals surface area contributed by atoms with Crippen LogP contribution in [0.25, 0.3) is 101 Å². The molecule has 0 bridgehead atoms. The van der Waals surface area contributed by atoms with Crippen LogP contribution < -0.4 is 0 Å². The lowest BCUT2D eigenvalue weighted by atomic mass is 9.97. The molecule has 7 aromatic carbocycles. The molecule has 0 aliphatic heterocycles. The molecular weight excluding hydrogens is 725 g/mol. The molecule has 0 radical (unpaired) electrons. The molecular formula is C52H40N6O. The third-order valence-corrected chi connectivity index (χ3v) is 11.7. The maximum absolute atomic E-state index is 6.45. The van der Waals surface area contributed by atoms with Crippen LogP contribution in [0, 0.1) is 41.5 Å². The number of rotatable bonds is 5. The van der Waals surface area contributed by atoms with E-state index in [0.29, 0.717) is 17.5 Å². The zero-order valence-corrected chi connectivity index (χ0v) is 33.8. The monoisotopic (exact) mass is 764 g/mol. The number of benzene rings is 7. The lowest BCUT2D eigenvalue weighted by Crippen LogP contribution is -2.04. The summed E-state index contributed by atoms with van der Waals surface area (Å²) in [4.78, 5) is 20.7. The van der Waals surface area contributed by atoms with Crippen molar-refractivity contribution in [3.8, 4) is 51.0 Å². The van der Waals surface area contributed by atoms with Crippen LogP contribution in [0.3, 0.4) is 0 Å². The van der Waals surface area contributed by atoms with Gasteiger partial charge < -0.3 is 4.42 Å². The van der Waals surface area contributed by atoms with E-state index >= 15 is 0 Å². The topological polar surface area (TPSA) is 74.0 Å². The molecule has 11 rings (SSSR count). The Bertz CT molecular complexity index is 3410. The number of fused-ring (bicyclic) bond motifs is 8. The SMILES string of the molecule is Cc1cc(C)c(-c2nc(-c3ccc4oc5ccc(-c6cccc(-n7c8ccccc8n8c9ccccc9nc78)c6)cc5c4c3)nc(-c3c(C)cc(C)cc3C)n2)c(C)c1. The highest BCUT2D eigenvalue weighted by atomic mass is 16.3. The van der Waals surface area contributed by atoms with Gasteiger partial charge in [0.25, 0.3) is 0 Å². The van der Waals surface area contributed by atoms with Crippen molar-refractivity contribution in [3.05, 3.63) is 167 Å². The third-order valence-electron chi connectivity index (χ3n) is 11.7. The van der Waals surface area contributed by atoms with Gasteiger partial charge in [0.05, 0.1) is 22.1 Å². The Balaban J connectivity index is 1.06. The fourth-order valence-corrected chi connectivity index (χ4v) is 9.32. The molecule has 4 aromatic heterocycles. The van der Waals surface area contributed by atoms with E-state index in [0.717, 1.165) is 106 Å².